The van der Waals surface area contributed by atoms with Crippen molar-refractivity contribution in [2.75, 3.05) is 6.54 Å². The van der Waals surface area contributed by atoms with Gasteiger partial charge in [-0.05, 0) is 50.6 Å². The molecule has 0 spiro atoms. The average Bonchev–Trinajstić information content (AvgIpc) is 2.38. The molecule has 0 fully saturated rings. The van der Waals surface area contributed by atoms with Gasteiger partial charge in [-0.2, -0.15) is 0 Å². The van der Waals surface area contributed by atoms with Gasteiger partial charge in [0.2, 0.25) is 0 Å². The molecule has 102 valence electrons. The molecule has 17 heavy (non-hydrogen) atoms. The van der Waals surface area contributed by atoms with E-state index in [1.54, 1.807) is 0 Å². The van der Waals surface area contributed by atoms with Crippen LogP contribution in [0.15, 0.2) is 23.8 Å². The van der Waals surface area contributed by atoms with Gasteiger partial charge in [-0.3, -0.25) is 0 Å². The minimum absolute atomic E-state index is 0.776. The third-order valence-electron chi connectivity index (χ3n) is 2.77. The molecule has 0 aliphatic rings. The van der Waals surface area contributed by atoms with Crippen LogP contribution in [0.5, 0.6) is 0 Å². The minimum Gasteiger partial charge on any atom is -0.330 e. The average molecular weight is 239 g/mol. The molecule has 0 rings (SSSR count). The van der Waals surface area contributed by atoms with Gasteiger partial charge in [-0.1, -0.05) is 52.3 Å². The van der Waals surface area contributed by atoms with E-state index in [9.17, 15) is 0 Å². The fourth-order valence-electron chi connectivity index (χ4n) is 1.68. The molecule has 0 bridgehead atoms. The molecule has 0 amide bonds. The van der Waals surface area contributed by atoms with E-state index in [1.807, 2.05) is 0 Å². The third-order valence-corrected chi connectivity index (χ3v) is 2.77. The molecular formula is C16H33N. The van der Waals surface area contributed by atoms with Crippen LogP contribution in [0.2, 0.25) is 0 Å². The molecule has 1 atom stereocenters. The summed E-state index contributed by atoms with van der Waals surface area (Å²) in [4.78, 5) is 0. The molecule has 0 aliphatic heterocycles. The fraction of sp³-hybridized carbons (Fsp3) is 0.750. The highest BCUT2D eigenvalue weighted by molar-refractivity contribution is 5.20. The molecule has 2 N–H and O–H groups in total. The van der Waals surface area contributed by atoms with Crippen LogP contribution in [0.25, 0.3) is 0 Å². The lowest BCUT2D eigenvalue weighted by Gasteiger charge is -2.14. The largest absolute Gasteiger partial charge is 0.330 e. The summed E-state index contributed by atoms with van der Waals surface area (Å²) in [5, 5.41) is 0. The molecular weight excluding hydrogens is 206 g/mol. The van der Waals surface area contributed by atoms with Crippen molar-refractivity contribution >= 4 is 0 Å². The van der Waals surface area contributed by atoms with Crippen molar-refractivity contribution in [1.82, 2.24) is 0 Å². The number of nitrogens with two attached hydrogens (primary N) is 1. The van der Waals surface area contributed by atoms with Crippen LogP contribution >= 0.6 is 0 Å². The Morgan fingerprint density at radius 1 is 1.12 bits per heavy atom. The van der Waals surface area contributed by atoms with Crippen LogP contribution in [0.3, 0.4) is 0 Å². The predicted octanol–water partition coefficient (Wildman–Crippen LogP) is 5.08. The van der Waals surface area contributed by atoms with Gasteiger partial charge in [0.1, 0.15) is 0 Å². The summed E-state index contributed by atoms with van der Waals surface area (Å²) in [5.41, 5.74) is 6.55. The Labute approximate surface area is 109 Å². The second kappa shape index (κ2) is 15.4. The normalized spacial score (nSPS) is 13.4. The Morgan fingerprint density at radius 3 is 2.00 bits per heavy atom. The Bertz CT molecular complexity index is 190. The highest BCUT2D eigenvalue weighted by Crippen LogP contribution is 2.21. The van der Waals surface area contributed by atoms with Crippen molar-refractivity contribution in [3.63, 3.8) is 0 Å². The molecule has 1 heteroatoms. The smallest absolute Gasteiger partial charge is 0.00799 e. The molecule has 0 heterocycles. The van der Waals surface area contributed by atoms with E-state index in [-0.39, 0.29) is 0 Å². The Hall–Kier alpha value is -0.560. The van der Waals surface area contributed by atoms with Gasteiger partial charge >= 0.3 is 0 Å². The molecule has 0 saturated heterocycles. The summed E-state index contributed by atoms with van der Waals surface area (Å²) in [6, 6.07) is 0. The lowest BCUT2D eigenvalue weighted by Crippen LogP contribution is -2.00. The Balaban J connectivity index is 0. The van der Waals surface area contributed by atoms with Crippen LogP contribution in [0.4, 0.5) is 0 Å². The van der Waals surface area contributed by atoms with Crippen molar-refractivity contribution in [2.45, 2.75) is 66.7 Å². The van der Waals surface area contributed by atoms with E-state index in [0.29, 0.717) is 0 Å². The predicted molar refractivity (Wildman–Crippen MR) is 81.2 cm³/mol. The third kappa shape index (κ3) is 11.7. The number of allylic oxidation sites excluding steroid dienone is 4. The monoisotopic (exact) mass is 239 g/mol. The zero-order valence-electron chi connectivity index (χ0n) is 12.6. The molecule has 0 aromatic heterocycles. The first-order valence-corrected chi connectivity index (χ1v) is 7.24. The summed E-state index contributed by atoms with van der Waals surface area (Å²) in [6.07, 6.45) is 12.9. The number of hydrogen-bond donors (Lipinski definition) is 1. The summed E-state index contributed by atoms with van der Waals surface area (Å²) in [7, 11) is 0. The summed E-state index contributed by atoms with van der Waals surface area (Å²) in [6.45, 7) is 11.8. The zero-order valence-corrected chi connectivity index (χ0v) is 12.6. The highest BCUT2D eigenvalue weighted by Gasteiger charge is 2.07. The standard InChI is InChI=1S/C13H24.C3H9N/c1-5-9-11-13(8-4)12(7-3)10-6-2;1-2-3-4/h8-9,11-12H,5-7,10H2,1-4H3;2-4H2,1H3/b11-9-,13-8+;. The maximum absolute atomic E-state index is 5.03. The van der Waals surface area contributed by atoms with Crippen LogP contribution in [-0.4, -0.2) is 6.54 Å². The lowest BCUT2D eigenvalue weighted by atomic mass is 9.91. The molecule has 1 unspecified atom stereocenters. The van der Waals surface area contributed by atoms with Gasteiger partial charge in [0, 0.05) is 0 Å². The van der Waals surface area contributed by atoms with Crippen molar-refractivity contribution in [1.29, 1.82) is 0 Å². The van der Waals surface area contributed by atoms with Crippen molar-refractivity contribution < 1.29 is 0 Å². The van der Waals surface area contributed by atoms with E-state index in [1.165, 1.54) is 24.8 Å². The minimum atomic E-state index is 0.776. The Kier molecular flexibility index (Phi) is 17.1. The lowest BCUT2D eigenvalue weighted by molar-refractivity contribution is 0.543. The van der Waals surface area contributed by atoms with E-state index >= 15 is 0 Å². The number of hydrogen-bond acceptors (Lipinski definition) is 1. The fourth-order valence-corrected chi connectivity index (χ4v) is 1.68. The van der Waals surface area contributed by atoms with Crippen molar-refractivity contribution in [2.24, 2.45) is 11.7 Å². The molecule has 0 radical (unpaired) electrons. The van der Waals surface area contributed by atoms with Crippen LogP contribution < -0.4 is 5.73 Å². The van der Waals surface area contributed by atoms with E-state index < -0.39 is 0 Å². The van der Waals surface area contributed by atoms with E-state index in [4.69, 9.17) is 5.73 Å². The summed E-state index contributed by atoms with van der Waals surface area (Å²) in [5.74, 6) is 0.776. The van der Waals surface area contributed by atoms with E-state index in [0.717, 1.165) is 25.3 Å². The highest BCUT2D eigenvalue weighted by atomic mass is 14.5. The van der Waals surface area contributed by atoms with Gasteiger partial charge in [-0.25, -0.2) is 0 Å². The van der Waals surface area contributed by atoms with Gasteiger partial charge in [0.05, 0.1) is 0 Å². The molecule has 0 aliphatic carbocycles. The summed E-state index contributed by atoms with van der Waals surface area (Å²) >= 11 is 0. The second-order valence-electron chi connectivity index (χ2n) is 4.28. The molecule has 0 aromatic carbocycles. The first kappa shape index (κ1) is 18.8. The quantitative estimate of drug-likeness (QED) is 0.616. The van der Waals surface area contributed by atoms with Gasteiger partial charge in [-0.15, -0.1) is 0 Å². The topological polar surface area (TPSA) is 26.0 Å². The summed E-state index contributed by atoms with van der Waals surface area (Å²) < 4.78 is 0. The first-order chi connectivity index (χ1) is 8.21. The van der Waals surface area contributed by atoms with Gasteiger partial charge in [0.15, 0.2) is 0 Å². The second-order valence-corrected chi connectivity index (χ2v) is 4.28. The van der Waals surface area contributed by atoms with Crippen molar-refractivity contribution in [3.05, 3.63) is 23.8 Å². The zero-order chi connectivity index (χ0) is 13.5. The van der Waals surface area contributed by atoms with Crippen LogP contribution in [-0.2, 0) is 0 Å². The maximum atomic E-state index is 5.03. The maximum Gasteiger partial charge on any atom is -0.00799 e. The SMILES string of the molecule is C/C=C(\C=C/CC)C(CC)CCC.CCCN. The Morgan fingerprint density at radius 2 is 1.71 bits per heavy atom. The van der Waals surface area contributed by atoms with Crippen molar-refractivity contribution in [3.8, 4) is 0 Å². The van der Waals surface area contributed by atoms with E-state index in [2.05, 4.69) is 52.8 Å². The molecule has 1 nitrogen and oxygen atoms in total. The van der Waals surface area contributed by atoms with Crippen LogP contribution in [0.1, 0.15) is 66.7 Å². The number of rotatable bonds is 7. The van der Waals surface area contributed by atoms with Crippen LogP contribution in [0, 0.1) is 5.92 Å². The first-order valence-electron chi connectivity index (χ1n) is 7.24. The van der Waals surface area contributed by atoms with Gasteiger partial charge in [0.25, 0.3) is 0 Å². The molecule has 0 saturated carbocycles. The van der Waals surface area contributed by atoms with Gasteiger partial charge < -0.3 is 5.73 Å². The molecule has 0 aromatic rings.